The van der Waals surface area contributed by atoms with Crippen molar-refractivity contribution in [2.24, 2.45) is 11.8 Å². The number of hydrogen-bond acceptors (Lipinski definition) is 3. The Hall–Kier alpha value is -0.380. The van der Waals surface area contributed by atoms with Crippen LogP contribution >= 0.6 is 11.3 Å². The Bertz CT molecular complexity index is 267. The van der Waals surface area contributed by atoms with Crippen LogP contribution in [0.4, 0.5) is 0 Å². The quantitative estimate of drug-likeness (QED) is 0.576. The van der Waals surface area contributed by atoms with Crippen LogP contribution in [0.2, 0.25) is 0 Å². The summed E-state index contributed by atoms with van der Waals surface area (Å²) in [5, 5.41) is 4.38. The molecule has 3 N–H and O–H groups in total. The van der Waals surface area contributed by atoms with Crippen LogP contribution in [0.5, 0.6) is 0 Å². The molecule has 1 aromatic rings. The zero-order chi connectivity index (χ0) is 10.5. The first-order valence-electron chi connectivity index (χ1n) is 5.85. The van der Waals surface area contributed by atoms with Crippen molar-refractivity contribution in [1.82, 2.24) is 5.43 Å². The van der Waals surface area contributed by atoms with Crippen molar-refractivity contribution in [1.29, 1.82) is 0 Å². The molecule has 0 bridgehead atoms. The number of hydrogen-bond donors (Lipinski definition) is 2. The second-order valence-corrected chi connectivity index (χ2v) is 5.35. The van der Waals surface area contributed by atoms with Crippen LogP contribution in [0.25, 0.3) is 0 Å². The molecular formula is C12H20N2S. The maximum atomic E-state index is 5.59. The number of nitrogens with one attached hydrogen (secondary N) is 1. The van der Waals surface area contributed by atoms with E-state index in [4.69, 9.17) is 5.84 Å². The Labute approximate surface area is 95.8 Å². The Morgan fingerprint density at radius 3 is 2.93 bits per heavy atom. The van der Waals surface area contributed by atoms with Gasteiger partial charge in [0.25, 0.3) is 0 Å². The Kier molecular flexibility index (Phi) is 4.18. The van der Waals surface area contributed by atoms with Crippen LogP contribution in [0.3, 0.4) is 0 Å². The molecule has 0 aliphatic heterocycles. The minimum Gasteiger partial charge on any atom is -0.271 e. The smallest absolute Gasteiger partial charge is 0.0216 e. The third-order valence-electron chi connectivity index (χ3n) is 3.44. The van der Waals surface area contributed by atoms with Crippen LogP contribution in [0.15, 0.2) is 16.8 Å². The van der Waals surface area contributed by atoms with E-state index in [0.29, 0.717) is 6.04 Å². The van der Waals surface area contributed by atoms with E-state index in [9.17, 15) is 0 Å². The largest absolute Gasteiger partial charge is 0.271 e. The van der Waals surface area contributed by atoms with Crippen LogP contribution in [0.1, 0.15) is 37.7 Å². The predicted octanol–water partition coefficient (Wildman–Crippen LogP) is 2.70. The molecular weight excluding hydrogens is 204 g/mol. The van der Waals surface area contributed by atoms with Crippen molar-refractivity contribution in [2.75, 3.05) is 0 Å². The Morgan fingerprint density at radius 1 is 1.53 bits per heavy atom. The molecule has 1 aliphatic carbocycles. The molecule has 0 amide bonds. The van der Waals surface area contributed by atoms with Gasteiger partial charge in [0.05, 0.1) is 0 Å². The summed E-state index contributed by atoms with van der Waals surface area (Å²) < 4.78 is 0. The van der Waals surface area contributed by atoms with E-state index in [1.807, 2.05) is 0 Å². The summed E-state index contributed by atoms with van der Waals surface area (Å²) in [7, 11) is 0. The number of nitrogens with two attached hydrogens (primary N) is 1. The molecule has 0 radical (unpaired) electrons. The van der Waals surface area contributed by atoms with Crippen molar-refractivity contribution in [3.63, 3.8) is 0 Å². The lowest BCUT2D eigenvalue weighted by Gasteiger charge is -2.29. The van der Waals surface area contributed by atoms with Crippen molar-refractivity contribution in [3.05, 3.63) is 22.4 Å². The summed E-state index contributed by atoms with van der Waals surface area (Å²) >= 11 is 1.78. The van der Waals surface area contributed by atoms with Gasteiger partial charge in [-0.3, -0.25) is 11.3 Å². The summed E-state index contributed by atoms with van der Waals surface area (Å²) in [6.45, 7) is 0. The van der Waals surface area contributed by atoms with E-state index in [-0.39, 0.29) is 0 Å². The maximum Gasteiger partial charge on any atom is 0.0216 e. The van der Waals surface area contributed by atoms with Gasteiger partial charge in [0.2, 0.25) is 0 Å². The highest BCUT2D eigenvalue weighted by atomic mass is 32.1. The van der Waals surface area contributed by atoms with Crippen LogP contribution in [-0.4, -0.2) is 6.04 Å². The maximum absolute atomic E-state index is 5.59. The number of aryl methyl sites for hydroxylation is 1. The number of hydrazine groups is 1. The van der Waals surface area contributed by atoms with Gasteiger partial charge in [0.15, 0.2) is 0 Å². The molecule has 84 valence electrons. The fourth-order valence-electron chi connectivity index (χ4n) is 2.18. The molecule has 3 heteroatoms. The van der Waals surface area contributed by atoms with Crippen LogP contribution in [0, 0.1) is 5.92 Å². The fraction of sp³-hybridized carbons (Fsp3) is 0.667. The summed E-state index contributed by atoms with van der Waals surface area (Å²) in [6.07, 6.45) is 7.84. The van der Waals surface area contributed by atoms with E-state index in [1.165, 1.54) is 37.7 Å². The SMILES string of the molecule is NNC(CCc1ccsc1)CC1CCC1. The van der Waals surface area contributed by atoms with Crippen molar-refractivity contribution >= 4 is 11.3 Å². The van der Waals surface area contributed by atoms with Gasteiger partial charge >= 0.3 is 0 Å². The molecule has 1 aliphatic rings. The molecule has 2 rings (SSSR count). The number of rotatable bonds is 6. The van der Waals surface area contributed by atoms with E-state index in [2.05, 4.69) is 22.3 Å². The first-order chi connectivity index (χ1) is 7.38. The normalized spacial score (nSPS) is 18.7. The molecule has 0 saturated heterocycles. The van der Waals surface area contributed by atoms with E-state index < -0.39 is 0 Å². The zero-order valence-corrected chi connectivity index (χ0v) is 9.93. The highest BCUT2D eigenvalue weighted by molar-refractivity contribution is 7.07. The minimum absolute atomic E-state index is 0.509. The van der Waals surface area contributed by atoms with E-state index in [1.54, 1.807) is 11.3 Å². The van der Waals surface area contributed by atoms with Gasteiger partial charge in [-0.15, -0.1) is 0 Å². The first kappa shape index (κ1) is 11.1. The molecule has 0 spiro atoms. The third kappa shape index (κ3) is 3.30. The summed E-state index contributed by atoms with van der Waals surface area (Å²) in [4.78, 5) is 0. The first-order valence-corrected chi connectivity index (χ1v) is 6.80. The monoisotopic (exact) mass is 224 g/mol. The Morgan fingerprint density at radius 2 is 2.40 bits per heavy atom. The standard InChI is InChI=1S/C12H20N2S/c13-14-12(8-10-2-1-3-10)5-4-11-6-7-15-9-11/h6-7,9-10,12,14H,1-5,8,13H2. The minimum atomic E-state index is 0.509. The van der Waals surface area contributed by atoms with Crippen molar-refractivity contribution in [2.45, 2.75) is 44.6 Å². The van der Waals surface area contributed by atoms with Gasteiger partial charge < -0.3 is 0 Å². The fourth-order valence-corrected chi connectivity index (χ4v) is 2.88. The van der Waals surface area contributed by atoms with Gasteiger partial charge in [0, 0.05) is 6.04 Å². The molecule has 1 fully saturated rings. The highest BCUT2D eigenvalue weighted by Gasteiger charge is 2.21. The Balaban J connectivity index is 1.70. The molecule has 1 heterocycles. The lowest BCUT2D eigenvalue weighted by molar-refractivity contribution is 0.255. The molecule has 1 atom stereocenters. The molecule has 2 nitrogen and oxygen atoms in total. The van der Waals surface area contributed by atoms with E-state index in [0.717, 1.165) is 12.3 Å². The van der Waals surface area contributed by atoms with Gasteiger partial charge in [-0.1, -0.05) is 19.3 Å². The molecule has 15 heavy (non-hydrogen) atoms. The predicted molar refractivity (Wildman–Crippen MR) is 65.7 cm³/mol. The second-order valence-electron chi connectivity index (χ2n) is 4.57. The van der Waals surface area contributed by atoms with Crippen molar-refractivity contribution in [3.8, 4) is 0 Å². The molecule has 1 saturated carbocycles. The van der Waals surface area contributed by atoms with Crippen molar-refractivity contribution < 1.29 is 0 Å². The zero-order valence-electron chi connectivity index (χ0n) is 9.11. The highest BCUT2D eigenvalue weighted by Crippen LogP contribution is 2.31. The number of thiophene rings is 1. The van der Waals surface area contributed by atoms with Gasteiger partial charge in [-0.2, -0.15) is 11.3 Å². The topological polar surface area (TPSA) is 38.0 Å². The third-order valence-corrected chi connectivity index (χ3v) is 4.17. The van der Waals surface area contributed by atoms with Crippen LogP contribution in [-0.2, 0) is 6.42 Å². The van der Waals surface area contributed by atoms with Gasteiger partial charge in [-0.05, 0) is 47.6 Å². The lowest BCUT2D eigenvalue weighted by atomic mass is 9.80. The van der Waals surface area contributed by atoms with E-state index >= 15 is 0 Å². The average molecular weight is 224 g/mol. The molecule has 1 aromatic heterocycles. The van der Waals surface area contributed by atoms with Crippen LogP contribution < -0.4 is 11.3 Å². The van der Waals surface area contributed by atoms with Gasteiger partial charge in [0.1, 0.15) is 0 Å². The molecule has 0 aromatic carbocycles. The summed E-state index contributed by atoms with van der Waals surface area (Å²) in [6, 6.07) is 2.72. The summed E-state index contributed by atoms with van der Waals surface area (Å²) in [5.74, 6) is 6.53. The van der Waals surface area contributed by atoms with Gasteiger partial charge in [-0.25, -0.2) is 0 Å². The lowest BCUT2D eigenvalue weighted by Crippen LogP contribution is -2.38. The molecule has 1 unspecified atom stereocenters. The summed E-state index contributed by atoms with van der Waals surface area (Å²) in [5.41, 5.74) is 4.42. The average Bonchev–Trinajstić information content (AvgIpc) is 2.68. The second kappa shape index (κ2) is 5.64.